The number of anilines is 2. The molecule has 1 unspecified atom stereocenters. The number of nitrogens with two attached hydrogens (primary N) is 3. The number of hydrogen-bond acceptors (Lipinski definition) is 3. The summed E-state index contributed by atoms with van der Waals surface area (Å²) in [5.74, 6) is 0. The molecule has 1 aliphatic carbocycles. The minimum atomic E-state index is 0.0866. The molecule has 0 aromatic heterocycles. The standard InChI is InChI=1S/C9H13N3/c10-6-3-1-5-2-4-7(11)9(12)8(5)6/h2,4,6H,1,3,10-12H2. The molecule has 0 spiro atoms. The van der Waals surface area contributed by atoms with Crippen LogP contribution in [0.4, 0.5) is 11.4 Å². The van der Waals surface area contributed by atoms with Crippen molar-refractivity contribution < 1.29 is 0 Å². The predicted molar refractivity (Wildman–Crippen MR) is 50.5 cm³/mol. The van der Waals surface area contributed by atoms with E-state index >= 15 is 0 Å². The van der Waals surface area contributed by atoms with E-state index < -0.39 is 0 Å². The number of rotatable bonds is 0. The second-order valence-corrected chi connectivity index (χ2v) is 3.29. The average Bonchev–Trinajstić information content (AvgIpc) is 2.41. The SMILES string of the molecule is Nc1ccc2c(c1N)C(N)CC2. The van der Waals surface area contributed by atoms with Crippen molar-refractivity contribution in [3.8, 4) is 0 Å². The molecule has 0 heterocycles. The van der Waals surface area contributed by atoms with Gasteiger partial charge in [-0.05, 0) is 30.0 Å². The highest BCUT2D eigenvalue weighted by Gasteiger charge is 2.22. The normalized spacial score (nSPS) is 20.9. The highest BCUT2D eigenvalue weighted by Crippen LogP contribution is 2.36. The van der Waals surface area contributed by atoms with Crippen LogP contribution in [0.1, 0.15) is 23.6 Å². The number of aryl methyl sites for hydroxylation is 1. The third-order valence-electron chi connectivity index (χ3n) is 2.51. The Morgan fingerprint density at radius 1 is 1.25 bits per heavy atom. The summed E-state index contributed by atoms with van der Waals surface area (Å²) < 4.78 is 0. The van der Waals surface area contributed by atoms with Crippen molar-refractivity contribution in [3.63, 3.8) is 0 Å². The van der Waals surface area contributed by atoms with Crippen molar-refractivity contribution in [2.24, 2.45) is 5.73 Å². The van der Waals surface area contributed by atoms with E-state index in [1.165, 1.54) is 5.56 Å². The Kier molecular flexibility index (Phi) is 1.48. The lowest BCUT2D eigenvalue weighted by atomic mass is 10.1. The summed E-state index contributed by atoms with van der Waals surface area (Å²) in [7, 11) is 0. The van der Waals surface area contributed by atoms with E-state index in [4.69, 9.17) is 17.2 Å². The zero-order valence-corrected chi connectivity index (χ0v) is 6.88. The molecule has 12 heavy (non-hydrogen) atoms. The first-order valence-corrected chi connectivity index (χ1v) is 4.12. The Bertz CT molecular complexity index is 320. The van der Waals surface area contributed by atoms with Crippen LogP contribution in [0.15, 0.2) is 12.1 Å². The van der Waals surface area contributed by atoms with Crippen LogP contribution in [-0.4, -0.2) is 0 Å². The van der Waals surface area contributed by atoms with Crippen LogP contribution in [0.2, 0.25) is 0 Å². The van der Waals surface area contributed by atoms with Crippen molar-refractivity contribution in [3.05, 3.63) is 23.3 Å². The molecule has 1 atom stereocenters. The first kappa shape index (κ1) is 7.43. The van der Waals surface area contributed by atoms with E-state index in [9.17, 15) is 0 Å². The van der Waals surface area contributed by atoms with Gasteiger partial charge in [0.15, 0.2) is 0 Å². The Hall–Kier alpha value is -1.22. The van der Waals surface area contributed by atoms with Gasteiger partial charge in [0.1, 0.15) is 0 Å². The van der Waals surface area contributed by atoms with E-state index in [2.05, 4.69) is 0 Å². The fraction of sp³-hybridized carbons (Fsp3) is 0.333. The molecule has 64 valence electrons. The van der Waals surface area contributed by atoms with Gasteiger partial charge in [0, 0.05) is 6.04 Å². The second-order valence-electron chi connectivity index (χ2n) is 3.29. The van der Waals surface area contributed by atoms with Gasteiger partial charge in [-0.2, -0.15) is 0 Å². The van der Waals surface area contributed by atoms with E-state index in [0.29, 0.717) is 11.4 Å². The Morgan fingerprint density at radius 2 is 2.00 bits per heavy atom. The maximum Gasteiger partial charge on any atom is 0.0598 e. The highest BCUT2D eigenvalue weighted by atomic mass is 14.7. The largest absolute Gasteiger partial charge is 0.397 e. The van der Waals surface area contributed by atoms with Crippen molar-refractivity contribution in [2.75, 3.05) is 11.5 Å². The summed E-state index contributed by atoms with van der Waals surface area (Å²) in [6.07, 6.45) is 2.02. The van der Waals surface area contributed by atoms with Gasteiger partial charge in [0.2, 0.25) is 0 Å². The smallest absolute Gasteiger partial charge is 0.0598 e. The van der Waals surface area contributed by atoms with Crippen LogP contribution < -0.4 is 17.2 Å². The molecule has 0 saturated carbocycles. The zero-order chi connectivity index (χ0) is 8.72. The Morgan fingerprint density at radius 3 is 2.75 bits per heavy atom. The minimum absolute atomic E-state index is 0.0866. The first-order chi connectivity index (χ1) is 5.70. The average molecular weight is 163 g/mol. The molecule has 0 amide bonds. The maximum atomic E-state index is 5.88. The molecule has 0 fully saturated rings. The lowest BCUT2D eigenvalue weighted by Crippen LogP contribution is -2.09. The molecule has 6 N–H and O–H groups in total. The van der Waals surface area contributed by atoms with Crippen molar-refractivity contribution in [1.82, 2.24) is 0 Å². The zero-order valence-electron chi connectivity index (χ0n) is 6.88. The molecule has 0 radical (unpaired) electrons. The summed E-state index contributed by atoms with van der Waals surface area (Å²) >= 11 is 0. The van der Waals surface area contributed by atoms with E-state index in [-0.39, 0.29) is 6.04 Å². The van der Waals surface area contributed by atoms with E-state index in [0.717, 1.165) is 18.4 Å². The van der Waals surface area contributed by atoms with Crippen LogP contribution >= 0.6 is 0 Å². The maximum absolute atomic E-state index is 5.88. The van der Waals surface area contributed by atoms with E-state index in [1.54, 1.807) is 0 Å². The topological polar surface area (TPSA) is 78.1 Å². The van der Waals surface area contributed by atoms with Gasteiger partial charge in [-0.3, -0.25) is 0 Å². The van der Waals surface area contributed by atoms with Gasteiger partial charge in [-0.1, -0.05) is 6.07 Å². The lowest BCUT2D eigenvalue weighted by molar-refractivity contribution is 0.715. The van der Waals surface area contributed by atoms with Gasteiger partial charge in [0.05, 0.1) is 11.4 Å². The third kappa shape index (κ3) is 0.865. The van der Waals surface area contributed by atoms with Crippen LogP contribution in [0, 0.1) is 0 Å². The quantitative estimate of drug-likeness (QED) is 0.495. The molecular weight excluding hydrogens is 150 g/mol. The Labute approximate surface area is 71.5 Å². The molecule has 3 nitrogen and oxygen atoms in total. The van der Waals surface area contributed by atoms with Crippen LogP contribution in [-0.2, 0) is 6.42 Å². The fourth-order valence-corrected chi connectivity index (χ4v) is 1.81. The Balaban J connectivity index is 2.63. The summed E-state index contributed by atoms with van der Waals surface area (Å²) in [4.78, 5) is 0. The number of benzene rings is 1. The molecule has 1 aliphatic rings. The van der Waals surface area contributed by atoms with Gasteiger partial charge in [-0.25, -0.2) is 0 Å². The fourth-order valence-electron chi connectivity index (χ4n) is 1.81. The van der Waals surface area contributed by atoms with E-state index in [1.807, 2.05) is 12.1 Å². The molecule has 0 saturated heterocycles. The number of nitrogen functional groups attached to an aromatic ring is 2. The third-order valence-corrected chi connectivity index (χ3v) is 2.51. The van der Waals surface area contributed by atoms with Gasteiger partial charge in [-0.15, -0.1) is 0 Å². The summed E-state index contributed by atoms with van der Waals surface area (Å²) in [5.41, 5.74) is 21.0. The van der Waals surface area contributed by atoms with Gasteiger partial charge < -0.3 is 17.2 Å². The van der Waals surface area contributed by atoms with Crippen LogP contribution in [0.3, 0.4) is 0 Å². The van der Waals surface area contributed by atoms with Gasteiger partial charge >= 0.3 is 0 Å². The predicted octanol–water partition coefficient (Wildman–Crippen LogP) is 0.797. The molecular formula is C9H13N3. The number of fused-ring (bicyclic) bond motifs is 1. The molecule has 0 aliphatic heterocycles. The summed E-state index contributed by atoms with van der Waals surface area (Å²) in [5, 5.41) is 0. The van der Waals surface area contributed by atoms with Crippen LogP contribution in [0.25, 0.3) is 0 Å². The highest BCUT2D eigenvalue weighted by molar-refractivity contribution is 5.70. The lowest BCUT2D eigenvalue weighted by Gasteiger charge is -2.10. The van der Waals surface area contributed by atoms with Gasteiger partial charge in [0.25, 0.3) is 0 Å². The molecule has 1 aromatic rings. The number of hydrogen-bond donors (Lipinski definition) is 3. The first-order valence-electron chi connectivity index (χ1n) is 4.12. The van der Waals surface area contributed by atoms with Crippen molar-refractivity contribution in [2.45, 2.75) is 18.9 Å². The summed E-state index contributed by atoms with van der Waals surface area (Å²) in [6, 6.07) is 3.96. The molecule has 2 rings (SSSR count). The second kappa shape index (κ2) is 2.38. The van der Waals surface area contributed by atoms with Crippen molar-refractivity contribution >= 4 is 11.4 Å². The molecule has 1 aromatic carbocycles. The molecule has 3 heteroatoms. The van der Waals surface area contributed by atoms with Crippen molar-refractivity contribution in [1.29, 1.82) is 0 Å². The van der Waals surface area contributed by atoms with Crippen LogP contribution in [0.5, 0.6) is 0 Å². The minimum Gasteiger partial charge on any atom is -0.397 e. The monoisotopic (exact) mass is 163 g/mol. The molecule has 0 bridgehead atoms. The summed E-state index contributed by atoms with van der Waals surface area (Å²) in [6.45, 7) is 0.